The summed E-state index contributed by atoms with van der Waals surface area (Å²) in [5, 5.41) is 4.31. The number of hydrogen-bond donors (Lipinski definition) is 0. The third-order valence-electron chi connectivity index (χ3n) is 5.89. The number of thiophene rings is 1. The Bertz CT molecular complexity index is 824. The summed E-state index contributed by atoms with van der Waals surface area (Å²) in [5.74, 6) is 0.383. The van der Waals surface area contributed by atoms with E-state index in [-0.39, 0.29) is 17.7 Å². The first-order valence-corrected chi connectivity index (χ1v) is 11.9. The Balaban J connectivity index is 1.24. The first-order valence-electron chi connectivity index (χ1n) is 10.2. The minimum Gasteiger partial charge on any atom is -0.340 e. The molecule has 0 unspecified atom stereocenters. The molecule has 0 atom stereocenters. The number of amides is 2. The first-order chi connectivity index (χ1) is 14.1. The summed E-state index contributed by atoms with van der Waals surface area (Å²) < 4.78 is 0.966. The monoisotopic (exact) mass is 475 g/mol. The van der Waals surface area contributed by atoms with Crippen LogP contribution in [-0.2, 0) is 11.3 Å². The van der Waals surface area contributed by atoms with Crippen LogP contribution >= 0.6 is 27.3 Å². The predicted molar refractivity (Wildman–Crippen MR) is 119 cm³/mol. The van der Waals surface area contributed by atoms with Gasteiger partial charge in [-0.1, -0.05) is 15.9 Å². The Morgan fingerprint density at radius 2 is 1.62 bits per heavy atom. The molecule has 1 aromatic carbocycles. The number of hydrogen-bond acceptors (Lipinski definition) is 4. The molecule has 2 aliphatic heterocycles. The fourth-order valence-electron chi connectivity index (χ4n) is 4.13. The van der Waals surface area contributed by atoms with Gasteiger partial charge in [0, 0.05) is 61.8 Å². The number of piperidine rings is 1. The van der Waals surface area contributed by atoms with Crippen molar-refractivity contribution in [3.8, 4) is 0 Å². The zero-order chi connectivity index (χ0) is 20.2. The van der Waals surface area contributed by atoms with E-state index in [0.29, 0.717) is 18.7 Å². The van der Waals surface area contributed by atoms with Crippen molar-refractivity contribution in [1.82, 2.24) is 14.7 Å². The highest BCUT2D eigenvalue weighted by atomic mass is 79.9. The summed E-state index contributed by atoms with van der Waals surface area (Å²) in [4.78, 5) is 32.0. The molecule has 2 amide bonds. The maximum absolute atomic E-state index is 13.0. The van der Waals surface area contributed by atoms with Crippen molar-refractivity contribution in [2.75, 3.05) is 39.3 Å². The van der Waals surface area contributed by atoms with Crippen LogP contribution in [0.2, 0.25) is 0 Å². The highest BCUT2D eigenvalue weighted by Gasteiger charge is 2.31. The molecule has 2 saturated heterocycles. The van der Waals surface area contributed by atoms with Crippen molar-refractivity contribution in [3.05, 3.63) is 56.7 Å². The molecule has 3 heterocycles. The summed E-state index contributed by atoms with van der Waals surface area (Å²) in [6, 6.07) is 9.65. The number of nitrogens with zero attached hydrogens (tertiary/aromatic N) is 3. The lowest BCUT2D eigenvalue weighted by atomic mass is 9.94. The predicted octanol–water partition coefficient (Wildman–Crippen LogP) is 3.71. The third kappa shape index (κ3) is 5.08. The van der Waals surface area contributed by atoms with Crippen LogP contribution in [-0.4, -0.2) is 65.8 Å². The van der Waals surface area contributed by atoms with Crippen LogP contribution in [0.25, 0.3) is 0 Å². The molecular formula is C22H26BrN3O2S. The van der Waals surface area contributed by atoms with E-state index in [1.165, 1.54) is 5.56 Å². The lowest BCUT2D eigenvalue weighted by Gasteiger charge is -2.38. The zero-order valence-corrected chi connectivity index (χ0v) is 18.8. The summed E-state index contributed by atoms with van der Waals surface area (Å²) in [6.45, 7) is 5.77. The van der Waals surface area contributed by atoms with Gasteiger partial charge in [0.15, 0.2) is 0 Å². The van der Waals surface area contributed by atoms with E-state index in [1.54, 1.807) is 11.3 Å². The normalized spacial score (nSPS) is 18.8. The number of halogens is 1. The minimum absolute atomic E-state index is 0.0485. The van der Waals surface area contributed by atoms with E-state index in [4.69, 9.17) is 0 Å². The molecule has 2 aromatic rings. The first kappa shape index (κ1) is 20.6. The topological polar surface area (TPSA) is 43.9 Å². The summed E-state index contributed by atoms with van der Waals surface area (Å²) in [7, 11) is 0. The Labute approximate surface area is 184 Å². The standard InChI is InChI=1S/C22H26BrN3O2S/c23-20-3-1-18(2-4-20)21(27)25-8-5-19(6-9-25)22(28)26-12-10-24(11-13-26)15-17-7-14-29-16-17/h1-4,7,14,16,19H,5-6,8-13,15H2. The Morgan fingerprint density at radius 1 is 0.931 bits per heavy atom. The van der Waals surface area contributed by atoms with Gasteiger partial charge >= 0.3 is 0 Å². The second-order valence-corrected chi connectivity index (χ2v) is 9.50. The fraction of sp³-hybridized carbons (Fsp3) is 0.455. The minimum atomic E-state index is 0.0485. The quantitative estimate of drug-likeness (QED) is 0.676. The molecule has 0 radical (unpaired) electrons. The Morgan fingerprint density at radius 3 is 2.24 bits per heavy atom. The number of benzene rings is 1. The van der Waals surface area contributed by atoms with Gasteiger partial charge in [-0.3, -0.25) is 14.5 Å². The number of carbonyl (C=O) groups is 2. The molecule has 154 valence electrons. The second-order valence-electron chi connectivity index (χ2n) is 7.81. The van der Waals surface area contributed by atoms with Gasteiger partial charge < -0.3 is 9.80 Å². The molecule has 29 heavy (non-hydrogen) atoms. The van der Waals surface area contributed by atoms with Gasteiger partial charge in [-0.25, -0.2) is 0 Å². The molecule has 0 N–H and O–H groups in total. The van der Waals surface area contributed by atoms with Gasteiger partial charge in [-0.2, -0.15) is 11.3 Å². The molecule has 2 aliphatic rings. The lowest BCUT2D eigenvalue weighted by Crippen LogP contribution is -2.51. The van der Waals surface area contributed by atoms with E-state index in [0.717, 1.165) is 50.0 Å². The van der Waals surface area contributed by atoms with Crippen LogP contribution in [0, 0.1) is 5.92 Å². The molecule has 0 saturated carbocycles. The van der Waals surface area contributed by atoms with Crippen LogP contribution in [0.5, 0.6) is 0 Å². The maximum Gasteiger partial charge on any atom is 0.253 e. The van der Waals surface area contributed by atoms with E-state index in [2.05, 4.69) is 37.7 Å². The molecular weight excluding hydrogens is 450 g/mol. The van der Waals surface area contributed by atoms with Crippen LogP contribution in [0.4, 0.5) is 0 Å². The smallest absolute Gasteiger partial charge is 0.253 e. The van der Waals surface area contributed by atoms with Crippen molar-refractivity contribution >= 4 is 39.1 Å². The van der Waals surface area contributed by atoms with Crippen molar-refractivity contribution < 1.29 is 9.59 Å². The number of rotatable bonds is 4. The maximum atomic E-state index is 13.0. The summed E-state index contributed by atoms with van der Waals surface area (Å²) in [5.41, 5.74) is 2.07. The van der Waals surface area contributed by atoms with E-state index < -0.39 is 0 Å². The molecule has 7 heteroatoms. The van der Waals surface area contributed by atoms with Gasteiger partial charge in [-0.05, 0) is 59.5 Å². The number of piperazine rings is 1. The van der Waals surface area contributed by atoms with Gasteiger partial charge in [0.1, 0.15) is 0 Å². The second kappa shape index (κ2) is 9.41. The van der Waals surface area contributed by atoms with Gasteiger partial charge in [0.05, 0.1) is 0 Å². The van der Waals surface area contributed by atoms with Crippen molar-refractivity contribution in [2.24, 2.45) is 5.92 Å². The molecule has 5 nitrogen and oxygen atoms in total. The highest BCUT2D eigenvalue weighted by molar-refractivity contribution is 9.10. The Hall–Kier alpha value is -1.70. The average Bonchev–Trinajstić information content (AvgIpc) is 3.27. The van der Waals surface area contributed by atoms with Gasteiger partial charge in [-0.15, -0.1) is 0 Å². The van der Waals surface area contributed by atoms with E-state index >= 15 is 0 Å². The third-order valence-corrected chi connectivity index (χ3v) is 7.15. The van der Waals surface area contributed by atoms with Gasteiger partial charge in [0.2, 0.25) is 5.91 Å². The van der Waals surface area contributed by atoms with Crippen LogP contribution < -0.4 is 0 Å². The van der Waals surface area contributed by atoms with E-state index in [9.17, 15) is 9.59 Å². The average molecular weight is 476 g/mol. The molecule has 1 aromatic heterocycles. The van der Waals surface area contributed by atoms with Crippen molar-refractivity contribution in [3.63, 3.8) is 0 Å². The SMILES string of the molecule is O=C(c1ccc(Br)cc1)N1CCC(C(=O)N2CCN(Cc3ccsc3)CC2)CC1. The summed E-state index contributed by atoms with van der Waals surface area (Å²) in [6.07, 6.45) is 1.52. The lowest BCUT2D eigenvalue weighted by molar-refractivity contribution is -0.138. The van der Waals surface area contributed by atoms with Crippen molar-refractivity contribution in [2.45, 2.75) is 19.4 Å². The van der Waals surface area contributed by atoms with Crippen LogP contribution in [0.1, 0.15) is 28.8 Å². The largest absolute Gasteiger partial charge is 0.340 e. The molecule has 0 bridgehead atoms. The molecule has 0 aliphatic carbocycles. The van der Waals surface area contributed by atoms with Crippen LogP contribution in [0.3, 0.4) is 0 Å². The number of likely N-dealkylation sites (tertiary alicyclic amines) is 1. The molecule has 4 rings (SSSR count). The molecule has 2 fully saturated rings. The van der Waals surface area contributed by atoms with Crippen LogP contribution in [0.15, 0.2) is 45.6 Å². The molecule has 0 spiro atoms. The fourth-order valence-corrected chi connectivity index (χ4v) is 5.05. The summed E-state index contributed by atoms with van der Waals surface area (Å²) >= 11 is 5.13. The van der Waals surface area contributed by atoms with Gasteiger partial charge in [0.25, 0.3) is 5.91 Å². The van der Waals surface area contributed by atoms with Crippen molar-refractivity contribution in [1.29, 1.82) is 0 Å². The Kier molecular flexibility index (Phi) is 6.67. The highest BCUT2D eigenvalue weighted by Crippen LogP contribution is 2.23. The van der Waals surface area contributed by atoms with E-state index in [1.807, 2.05) is 34.1 Å². The zero-order valence-electron chi connectivity index (χ0n) is 16.4. The number of carbonyl (C=O) groups excluding carboxylic acids is 2.